The third-order valence-electron chi connectivity index (χ3n) is 3.06. The van der Waals surface area contributed by atoms with E-state index in [0.717, 1.165) is 18.5 Å². The average molecular weight is 267 g/mol. The molecular formula is C12H17N3O4. The van der Waals surface area contributed by atoms with Crippen LogP contribution in [0.5, 0.6) is 0 Å². The number of methoxy groups -OCH3 is 1. The smallest absolute Gasteiger partial charge is 0.326 e. The van der Waals surface area contributed by atoms with Crippen LogP contribution in [0, 0.1) is 0 Å². The first-order valence-corrected chi connectivity index (χ1v) is 6.19. The lowest BCUT2D eigenvalue weighted by atomic mass is 10.2. The summed E-state index contributed by atoms with van der Waals surface area (Å²) >= 11 is 0. The number of ether oxygens (including phenoxy) is 1. The number of rotatable bonds is 7. The summed E-state index contributed by atoms with van der Waals surface area (Å²) < 4.78 is 4.82. The van der Waals surface area contributed by atoms with Crippen LogP contribution in [0.3, 0.4) is 0 Å². The van der Waals surface area contributed by atoms with E-state index in [-0.39, 0.29) is 18.7 Å². The van der Waals surface area contributed by atoms with Gasteiger partial charge in [-0.2, -0.15) is 5.10 Å². The minimum Gasteiger partial charge on any atom is -0.480 e. The number of hydrogen-bond donors (Lipinski definition) is 3. The second-order valence-corrected chi connectivity index (χ2v) is 4.63. The van der Waals surface area contributed by atoms with Gasteiger partial charge in [0.2, 0.25) is 0 Å². The van der Waals surface area contributed by atoms with Crippen molar-refractivity contribution in [2.75, 3.05) is 13.7 Å². The van der Waals surface area contributed by atoms with Gasteiger partial charge in [0, 0.05) is 31.7 Å². The van der Waals surface area contributed by atoms with Gasteiger partial charge in [-0.05, 0) is 18.9 Å². The number of nitrogens with zero attached hydrogens (tertiary/aromatic N) is 1. The molecule has 3 N–H and O–H groups in total. The number of nitrogens with one attached hydrogen (secondary N) is 2. The fourth-order valence-corrected chi connectivity index (χ4v) is 1.78. The van der Waals surface area contributed by atoms with Gasteiger partial charge in [0.05, 0.1) is 0 Å². The number of aromatic nitrogens is 2. The van der Waals surface area contributed by atoms with E-state index in [9.17, 15) is 9.59 Å². The summed E-state index contributed by atoms with van der Waals surface area (Å²) in [5.41, 5.74) is 1.17. The van der Waals surface area contributed by atoms with E-state index in [1.54, 1.807) is 6.07 Å². The monoisotopic (exact) mass is 267 g/mol. The highest BCUT2D eigenvalue weighted by Crippen LogP contribution is 2.38. The number of carbonyl (C=O) groups is 2. The predicted octanol–water partition coefficient (Wildman–Crippen LogP) is 0.507. The number of carboxylic acid groups (broad SMARTS) is 1. The van der Waals surface area contributed by atoms with Crippen LogP contribution in [0.15, 0.2) is 6.07 Å². The molecule has 0 bridgehead atoms. The number of aliphatic carboxylic acids is 1. The zero-order chi connectivity index (χ0) is 13.8. The van der Waals surface area contributed by atoms with E-state index in [1.165, 1.54) is 7.11 Å². The van der Waals surface area contributed by atoms with Gasteiger partial charge in [-0.15, -0.1) is 0 Å². The summed E-state index contributed by atoms with van der Waals surface area (Å²) in [5.74, 6) is -1.09. The molecule has 104 valence electrons. The van der Waals surface area contributed by atoms with Crippen molar-refractivity contribution in [3.05, 3.63) is 17.5 Å². The highest BCUT2D eigenvalue weighted by atomic mass is 16.5. The number of carboxylic acids is 1. The van der Waals surface area contributed by atoms with Gasteiger partial charge >= 0.3 is 5.97 Å². The van der Waals surface area contributed by atoms with Crippen LogP contribution < -0.4 is 5.32 Å². The number of carbonyl (C=O) groups excluding carboxylic acids is 1. The fraction of sp³-hybridized carbons (Fsp3) is 0.583. The lowest BCUT2D eigenvalue weighted by Crippen LogP contribution is -2.41. The number of hydrogen-bond acceptors (Lipinski definition) is 4. The van der Waals surface area contributed by atoms with Crippen molar-refractivity contribution in [1.29, 1.82) is 0 Å². The number of H-pyrrole nitrogens is 1. The maximum absolute atomic E-state index is 11.9. The molecule has 0 radical (unpaired) electrons. The Labute approximate surface area is 110 Å². The molecule has 1 saturated carbocycles. The van der Waals surface area contributed by atoms with Crippen LogP contribution in [0.2, 0.25) is 0 Å². The van der Waals surface area contributed by atoms with E-state index in [1.807, 2.05) is 0 Å². The summed E-state index contributed by atoms with van der Waals surface area (Å²) in [6, 6.07) is 0.718. The van der Waals surface area contributed by atoms with Gasteiger partial charge in [0.25, 0.3) is 5.91 Å². The van der Waals surface area contributed by atoms with Crippen LogP contribution >= 0.6 is 0 Å². The van der Waals surface area contributed by atoms with Crippen molar-refractivity contribution in [1.82, 2.24) is 15.5 Å². The molecule has 0 aliphatic heterocycles. The Bertz CT molecular complexity index is 467. The highest BCUT2D eigenvalue weighted by molar-refractivity contribution is 5.95. The zero-order valence-electron chi connectivity index (χ0n) is 10.7. The molecule has 1 fully saturated rings. The Balaban J connectivity index is 1.94. The maximum Gasteiger partial charge on any atom is 0.326 e. The predicted molar refractivity (Wildman–Crippen MR) is 65.9 cm³/mol. The van der Waals surface area contributed by atoms with Crippen molar-refractivity contribution in [2.45, 2.75) is 31.2 Å². The van der Waals surface area contributed by atoms with Gasteiger partial charge < -0.3 is 15.2 Å². The van der Waals surface area contributed by atoms with Gasteiger partial charge in [0.15, 0.2) is 0 Å². The molecule has 19 heavy (non-hydrogen) atoms. The van der Waals surface area contributed by atoms with Crippen molar-refractivity contribution < 1.29 is 19.4 Å². The topological polar surface area (TPSA) is 104 Å². The first kappa shape index (κ1) is 13.5. The normalized spacial score (nSPS) is 16.1. The van der Waals surface area contributed by atoms with Crippen LogP contribution in [-0.4, -0.2) is 46.9 Å². The minimum absolute atomic E-state index is 0.220. The van der Waals surface area contributed by atoms with Crippen molar-refractivity contribution >= 4 is 11.9 Å². The SMILES string of the molecule is COCCC(NC(=O)c1cc(C2CC2)[nH]n1)C(=O)O. The minimum atomic E-state index is -1.08. The molecular weight excluding hydrogens is 250 g/mol. The molecule has 2 rings (SSSR count). The van der Waals surface area contributed by atoms with E-state index in [2.05, 4.69) is 15.5 Å². The largest absolute Gasteiger partial charge is 0.480 e. The molecule has 1 unspecified atom stereocenters. The molecule has 0 aromatic carbocycles. The quantitative estimate of drug-likeness (QED) is 0.667. The number of aromatic amines is 1. The summed E-state index contributed by atoms with van der Waals surface area (Å²) in [4.78, 5) is 22.9. The van der Waals surface area contributed by atoms with Crippen LogP contribution in [0.4, 0.5) is 0 Å². The summed E-state index contributed by atoms with van der Waals surface area (Å²) in [5, 5.41) is 18.2. The Hall–Kier alpha value is -1.89. The fourth-order valence-electron chi connectivity index (χ4n) is 1.78. The van der Waals surface area contributed by atoms with E-state index in [0.29, 0.717) is 5.92 Å². The molecule has 7 nitrogen and oxygen atoms in total. The molecule has 1 aliphatic rings. The third-order valence-corrected chi connectivity index (χ3v) is 3.06. The molecule has 1 aromatic rings. The summed E-state index contributed by atoms with van der Waals surface area (Å²) in [6.07, 6.45) is 2.43. The Kier molecular flexibility index (Phi) is 4.16. The third kappa shape index (κ3) is 3.54. The summed E-state index contributed by atoms with van der Waals surface area (Å²) in [7, 11) is 1.48. The first-order chi connectivity index (χ1) is 9.11. The lowest BCUT2D eigenvalue weighted by Gasteiger charge is -2.12. The molecule has 1 aliphatic carbocycles. The Morgan fingerprint density at radius 1 is 1.63 bits per heavy atom. The van der Waals surface area contributed by atoms with Crippen LogP contribution in [0.25, 0.3) is 0 Å². The Morgan fingerprint density at radius 3 is 2.95 bits per heavy atom. The molecule has 7 heteroatoms. The second-order valence-electron chi connectivity index (χ2n) is 4.63. The Morgan fingerprint density at radius 2 is 2.37 bits per heavy atom. The van der Waals surface area contributed by atoms with Gasteiger partial charge in [-0.1, -0.05) is 0 Å². The van der Waals surface area contributed by atoms with Gasteiger partial charge in [-0.3, -0.25) is 9.89 Å². The van der Waals surface area contributed by atoms with Crippen LogP contribution in [0.1, 0.15) is 41.4 Å². The molecule has 0 saturated heterocycles. The second kappa shape index (κ2) is 5.83. The first-order valence-electron chi connectivity index (χ1n) is 6.19. The van der Waals surface area contributed by atoms with E-state index in [4.69, 9.17) is 9.84 Å². The molecule has 1 amide bonds. The lowest BCUT2D eigenvalue weighted by molar-refractivity contribution is -0.139. The number of amides is 1. The zero-order valence-corrected chi connectivity index (χ0v) is 10.7. The van der Waals surface area contributed by atoms with Gasteiger partial charge in [-0.25, -0.2) is 4.79 Å². The van der Waals surface area contributed by atoms with E-state index < -0.39 is 17.9 Å². The van der Waals surface area contributed by atoms with Crippen LogP contribution in [-0.2, 0) is 9.53 Å². The van der Waals surface area contributed by atoms with Crippen molar-refractivity contribution in [3.63, 3.8) is 0 Å². The molecule has 1 atom stereocenters. The van der Waals surface area contributed by atoms with Crippen molar-refractivity contribution in [2.24, 2.45) is 0 Å². The molecule has 1 heterocycles. The van der Waals surface area contributed by atoms with Gasteiger partial charge in [0.1, 0.15) is 11.7 Å². The average Bonchev–Trinajstić information content (AvgIpc) is 3.11. The molecule has 0 spiro atoms. The maximum atomic E-state index is 11.9. The summed E-state index contributed by atoms with van der Waals surface area (Å²) in [6.45, 7) is 0.269. The van der Waals surface area contributed by atoms with E-state index >= 15 is 0 Å². The molecule has 1 aromatic heterocycles. The van der Waals surface area contributed by atoms with Crippen molar-refractivity contribution in [3.8, 4) is 0 Å². The highest BCUT2D eigenvalue weighted by Gasteiger charge is 2.27. The standard InChI is InChI=1S/C12H17N3O4/c1-19-5-4-8(12(17)18)13-11(16)10-6-9(14-15-10)7-2-3-7/h6-8H,2-5H2,1H3,(H,13,16)(H,14,15)(H,17,18).